The molecule has 1 rings (SSSR count). The van der Waals surface area contributed by atoms with E-state index in [1.54, 1.807) is 0 Å². The lowest BCUT2D eigenvalue weighted by Gasteiger charge is -2.00. The molecule has 2 N–H and O–H groups in total. The second-order valence-electron chi connectivity index (χ2n) is 2.09. The van der Waals surface area contributed by atoms with E-state index in [-0.39, 0.29) is 10.0 Å². The van der Waals surface area contributed by atoms with Crippen molar-refractivity contribution in [2.75, 3.05) is 0 Å². The molecule has 0 atom stereocenters. The fourth-order valence-corrected chi connectivity index (χ4v) is 1.06. The standard InChI is InChI=1S/C7H4BrF2NO/c8-5-4(9)2-1-3(6(5)10)7(11)12/h1-2H,(H2,11,12). The summed E-state index contributed by atoms with van der Waals surface area (Å²) in [5, 5.41) is 0. The normalized spacial score (nSPS) is 9.92. The Balaban J connectivity index is 3.36. The molecule has 0 spiro atoms. The van der Waals surface area contributed by atoms with Gasteiger partial charge < -0.3 is 5.73 Å². The number of carbonyl (C=O) groups is 1. The van der Waals surface area contributed by atoms with Gasteiger partial charge >= 0.3 is 0 Å². The quantitative estimate of drug-likeness (QED) is 0.742. The van der Waals surface area contributed by atoms with Crippen LogP contribution in [0.3, 0.4) is 0 Å². The summed E-state index contributed by atoms with van der Waals surface area (Å²) in [4.78, 5) is 10.5. The largest absolute Gasteiger partial charge is 0.366 e. The van der Waals surface area contributed by atoms with Crippen molar-refractivity contribution in [2.45, 2.75) is 0 Å². The van der Waals surface area contributed by atoms with Gasteiger partial charge in [-0.05, 0) is 28.1 Å². The summed E-state index contributed by atoms with van der Waals surface area (Å²) in [5.74, 6) is -2.66. The molecule has 1 aromatic rings. The van der Waals surface area contributed by atoms with Crippen LogP contribution in [-0.4, -0.2) is 5.91 Å². The molecule has 0 fully saturated rings. The number of hydrogen-bond donors (Lipinski definition) is 1. The Hall–Kier alpha value is -0.970. The number of benzene rings is 1. The lowest BCUT2D eigenvalue weighted by Crippen LogP contribution is -2.13. The van der Waals surface area contributed by atoms with Gasteiger partial charge in [-0.1, -0.05) is 0 Å². The van der Waals surface area contributed by atoms with E-state index in [0.717, 1.165) is 12.1 Å². The van der Waals surface area contributed by atoms with Crippen molar-refractivity contribution in [3.8, 4) is 0 Å². The zero-order valence-electron chi connectivity index (χ0n) is 5.77. The lowest BCUT2D eigenvalue weighted by molar-refractivity contribution is 0.0996. The number of nitrogens with two attached hydrogens (primary N) is 1. The molecule has 0 aliphatic heterocycles. The van der Waals surface area contributed by atoms with Gasteiger partial charge in [0.15, 0.2) is 5.82 Å². The first-order valence-corrected chi connectivity index (χ1v) is 3.76. The van der Waals surface area contributed by atoms with Crippen molar-refractivity contribution in [3.63, 3.8) is 0 Å². The molecule has 0 aliphatic carbocycles. The molecule has 12 heavy (non-hydrogen) atoms. The molecule has 5 heteroatoms. The van der Waals surface area contributed by atoms with Gasteiger partial charge in [-0.3, -0.25) is 4.79 Å². The molecule has 0 saturated carbocycles. The van der Waals surface area contributed by atoms with E-state index in [4.69, 9.17) is 5.73 Å². The minimum absolute atomic E-state index is 0.330. The summed E-state index contributed by atoms with van der Waals surface area (Å²) < 4.78 is 25.1. The summed E-state index contributed by atoms with van der Waals surface area (Å²) in [7, 11) is 0. The zero-order valence-corrected chi connectivity index (χ0v) is 7.36. The van der Waals surface area contributed by atoms with Crippen LogP contribution in [0.25, 0.3) is 0 Å². The van der Waals surface area contributed by atoms with Crippen molar-refractivity contribution in [1.29, 1.82) is 0 Å². The average Bonchev–Trinajstić information content (AvgIpc) is 2.00. The fraction of sp³-hybridized carbons (Fsp3) is 0. The fourth-order valence-electron chi connectivity index (χ4n) is 0.716. The van der Waals surface area contributed by atoms with Crippen LogP contribution >= 0.6 is 15.9 Å². The summed E-state index contributed by atoms with van der Waals surface area (Å²) >= 11 is 2.64. The van der Waals surface area contributed by atoms with E-state index in [1.165, 1.54) is 0 Å². The minimum atomic E-state index is -0.970. The van der Waals surface area contributed by atoms with Crippen LogP contribution < -0.4 is 5.73 Å². The van der Waals surface area contributed by atoms with E-state index in [0.29, 0.717) is 0 Å². The maximum absolute atomic E-state index is 12.9. The van der Waals surface area contributed by atoms with Gasteiger partial charge in [0.05, 0.1) is 10.0 Å². The molecular formula is C7H4BrF2NO. The highest BCUT2D eigenvalue weighted by atomic mass is 79.9. The van der Waals surface area contributed by atoms with Gasteiger partial charge in [-0.2, -0.15) is 0 Å². The number of halogens is 3. The Morgan fingerprint density at radius 1 is 1.42 bits per heavy atom. The molecule has 0 aromatic heterocycles. The molecule has 0 saturated heterocycles. The topological polar surface area (TPSA) is 43.1 Å². The van der Waals surface area contributed by atoms with Gasteiger partial charge in [0.2, 0.25) is 0 Å². The minimum Gasteiger partial charge on any atom is -0.366 e. The van der Waals surface area contributed by atoms with Crippen LogP contribution in [0.4, 0.5) is 8.78 Å². The summed E-state index contributed by atoms with van der Waals surface area (Å²) in [6.07, 6.45) is 0. The average molecular weight is 236 g/mol. The maximum Gasteiger partial charge on any atom is 0.251 e. The monoisotopic (exact) mass is 235 g/mol. The number of amides is 1. The Kier molecular flexibility index (Phi) is 2.42. The predicted octanol–water partition coefficient (Wildman–Crippen LogP) is 1.83. The van der Waals surface area contributed by atoms with E-state index in [2.05, 4.69) is 15.9 Å². The highest BCUT2D eigenvalue weighted by Gasteiger charge is 2.14. The first-order chi connectivity index (χ1) is 5.54. The third kappa shape index (κ3) is 1.45. The molecule has 1 aromatic carbocycles. The highest BCUT2D eigenvalue weighted by molar-refractivity contribution is 9.10. The van der Waals surface area contributed by atoms with Crippen molar-refractivity contribution < 1.29 is 13.6 Å². The molecule has 0 heterocycles. The third-order valence-electron chi connectivity index (χ3n) is 1.30. The summed E-state index contributed by atoms with van der Waals surface area (Å²) in [6, 6.07) is 1.96. The Morgan fingerprint density at radius 3 is 2.50 bits per heavy atom. The highest BCUT2D eigenvalue weighted by Crippen LogP contribution is 2.21. The smallest absolute Gasteiger partial charge is 0.251 e. The first-order valence-electron chi connectivity index (χ1n) is 2.97. The molecule has 64 valence electrons. The van der Waals surface area contributed by atoms with Crippen LogP contribution in [0, 0.1) is 11.6 Å². The number of primary amides is 1. The van der Waals surface area contributed by atoms with Crippen LogP contribution in [0.2, 0.25) is 0 Å². The van der Waals surface area contributed by atoms with Crippen molar-refractivity contribution in [1.82, 2.24) is 0 Å². The van der Waals surface area contributed by atoms with Crippen molar-refractivity contribution >= 4 is 21.8 Å². The number of rotatable bonds is 1. The van der Waals surface area contributed by atoms with Crippen molar-refractivity contribution in [3.05, 3.63) is 33.8 Å². The second kappa shape index (κ2) is 3.18. The SMILES string of the molecule is NC(=O)c1ccc(F)c(Br)c1F. The van der Waals surface area contributed by atoms with Gasteiger partial charge in [-0.25, -0.2) is 8.78 Å². The maximum atomic E-state index is 12.9. The molecular weight excluding hydrogens is 232 g/mol. The van der Waals surface area contributed by atoms with E-state index >= 15 is 0 Å². The number of hydrogen-bond acceptors (Lipinski definition) is 1. The van der Waals surface area contributed by atoms with Gasteiger partial charge in [-0.15, -0.1) is 0 Å². The third-order valence-corrected chi connectivity index (χ3v) is 2.03. The van der Waals surface area contributed by atoms with Crippen LogP contribution in [-0.2, 0) is 0 Å². The second-order valence-corrected chi connectivity index (χ2v) is 2.88. The Morgan fingerprint density at radius 2 is 2.00 bits per heavy atom. The molecule has 0 aliphatic rings. The number of carbonyl (C=O) groups excluding carboxylic acids is 1. The van der Waals surface area contributed by atoms with Gasteiger partial charge in [0.25, 0.3) is 5.91 Å². The molecule has 0 radical (unpaired) electrons. The van der Waals surface area contributed by atoms with Gasteiger partial charge in [0.1, 0.15) is 5.82 Å². The summed E-state index contributed by atoms with van der Waals surface area (Å²) in [5.41, 5.74) is 4.48. The van der Waals surface area contributed by atoms with Crippen LogP contribution in [0.5, 0.6) is 0 Å². The molecule has 1 amide bonds. The van der Waals surface area contributed by atoms with E-state index in [1.807, 2.05) is 0 Å². The van der Waals surface area contributed by atoms with Crippen LogP contribution in [0.15, 0.2) is 16.6 Å². The summed E-state index contributed by atoms with van der Waals surface area (Å²) in [6.45, 7) is 0. The molecule has 0 bridgehead atoms. The van der Waals surface area contributed by atoms with Crippen LogP contribution in [0.1, 0.15) is 10.4 Å². The lowest BCUT2D eigenvalue weighted by atomic mass is 10.2. The Labute approximate surface area is 75.5 Å². The van der Waals surface area contributed by atoms with E-state index in [9.17, 15) is 13.6 Å². The Bertz CT molecular complexity index is 340. The van der Waals surface area contributed by atoms with E-state index < -0.39 is 17.5 Å². The molecule has 0 unspecified atom stereocenters. The first kappa shape index (κ1) is 9.12. The predicted molar refractivity (Wildman–Crippen MR) is 42.6 cm³/mol. The zero-order chi connectivity index (χ0) is 9.30. The van der Waals surface area contributed by atoms with Crippen molar-refractivity contribution in [2.24, 2.45) is 5.73 Å². The molecule has 2 nitrogen and oxygen atoms in total. The van der Waals surface area contributed by atoms with Gasteiger partial charge in [0, 0.05) is 0 Å².